The maximum absolute atomic E-state index is 12.2. The fraction of sp³-hybridized carbons (Fsp3) is 0.611. The van der Waals surface area contributed by atoms with Crippen molar-refractivity contribution in [3.05, 3.63) is 24.3 Å². The lowest BCUT2D eigenvalue weighted by Crippen LogP contribution is -2.28. The van der Waals surface area contributed by atoms with Gasteiger partial charge in [0.05, 0.1) is 5.69 Å². The molecule has 0 radical (unpaired) electrons. The van der Waals surface area contributed by atoms with Crippen LogP contribution in [0.1, 0.15) is 40.5 Å². The van der Waals surface area contributed by atoms with E-state index in [0.717, 1.165) is 43.9 Å². The zero-order valence-corrected chi connectivity index (χ0v) is 14.4. The van der Waals surface area contributed by atoms with Crippen molar-refractivity contribution in [2.24, 2.45) is 5.92 Å². The highest BCUT2D eigenvalue weighted by atomic mass is 16.5. The summed E-state index contributed by atoms with van der Waals surface area (Å²) in [7, 11) is 0. The lowest BCUT2D eigenvalue weighted by atomic mass is 10.1. The summed E-state index contributed by atoms with van der Waals surface area (Å²) in [6, 6.07) is 7.64. The molecule has 1 atom stereocenters. The van der Waals surface area contributed by atoms with E-state index in [1.807, 2.05) is 31.2 Å². The maximum atomic E-state index is 12.2. The van der Waals surface area contributed by atoms with Crippen LogP contribution in [0.5, 0.6) is 5.75 Å². The van der Waals surface area contributed by atoms with E-state index in [-0.39, 0.29) is 11.8 Å². The molecule has 1 N–H and O–H groups in total. The third-order valence-corrected chi connectivity index (χ3v) is 3.87. The third kappa shape index (κ3) is 6.06. The third-order valence-electron chi connectivity index (χ3n) is 3.87. The minimum Gasteiger partial charge on any atom is -0.490 e. The molecule has 1 rings (SSSR count). The van der Waals surface area contributed by atoms with Gasteiger partial charge in [0.1, 0.15) is 12.4 Å². The highest BCUT2D eigenvalue weighted by molar-refractivity contribution is 5.93. The van der Waals surface area contributed by atoms with E-state index < -0.39 is 0 Å². The van der Waals surface area contributed by atoms with E-state index >= 15 is 0 Å². The van der Waals surface area contributed by atoms with Crippen LogP contribution in [0.15, 0.2) is 24.3 Å². The van der Waals surface area contributed by atoms with Gasteiger partial charge in [-0.15, -0.1) is 0 Å². The minimum atomic E-state index is 0.0220. The molecule has 4 nitrogen and oxygen atoms in total. The molecule has 0 bridgehead atoms. The standard InChI is InChI=1S/C18H30N2O2/c1-5-10-15(4)18(21)19-16-11-8-9-12-17(16)22-14-13-20(6-2)7-3/h8-9,11-12,15H,5-7,10,13-14H2,1-4H3,(H,19,21). The first-order chi connectivity index (χ1) is 10.6. The molecule has 0 aliphatic heterocycles. The van der Waals surface area contributed by atoms with Crippen LogP contribution in [0.4, 0.5) is 5.69 Å². The Morgan fingerprint density at radius 1 is 1.23 bits per heavy atom. The normalized spacial score (nSPS) is 12.2. The Morgan fingerprint density at radius 3 is 2.55 bits per heavy atom. The van der Waals surface area contributed by atoms with Crippen LogP contribution in [-0.4, -0.2) is 37.0 Å². The van der Waals surface area contributed by atoms with Crippen molar-refractivity contribution >= 4 is 11.6 Å². The van der Waals surface area contributed by atoms with Crippen molar-refractivity contribution in [1.82, 2.24) is 4.90 Å². The van der Waals surface area contributed by atoms with Crippen LogP contribution in [0.3, 0.4) is 0 Å². The topological polar surface area (TPSA) is 41.6 Å². The van der Waals surface area contributed by atoms with Gasteiger partial charge in [-0.05, 0) is 31.6 Å². The molecule has 0 saturated heterocycles. The number of anilines is 1. The van der Waals surface area contributed by atoms with E-state index in [9.17, 15) is 4.79 Å². The van der Waals surface area contributed by atoms with Gasteiger partial charge in [0.2, 0.25) is 5.91 Å². The molecule has 1 aromatic rings. The summed E-state index contributed by atoms with van der Waals surface area (Å²) in [4.78, 5) is 14.5. The van der Waals surface area contributed by atoms with Gasteiger partial charge < -0.3 is 15.0 Å². The Hall–Kier alpha value is -1.55. The summed E-state index contributed by atoms with van der Waals surface area (Å²) in [5.41, 5.74) is 0.759. The molecule has 0 aliphatic carbocycles. The number of likely N-dealkylation sites (N-methyl/N-ethyl adjacent to an activating group) is 1. The predicted molar refractivity (Wildman–Crippen MR) is 92.4 cm³/mol. The Labute approximate surface area is 134 Å². The smallest absolute Gasteiger partial charge is 0.227 e. The summed E-state index contributed by atoms with van der Waals surface area (Å²) in [6.07, 6.45) is 1.91. The molecular weight excluding hydrogens is 276 g/mol. The zero-order chi connectivity index (χ0) is 16.4. The molecule has 22 heavy (non-hydrogen) atoms. The molecular formula is C18H30N2O2. The molecule has 0 heterocycles. The second kappa shape index (κ2) is 10.2. The number of hydrogen-bond acceptors (Lipinski definition) is 3. The van der Waals surface area contributed by atoms with Gasteiger partial charge in [0.15, 0.2) is 0 Å². The van der Waals surface area contributed by atoms with E-state index in [4.69, 9.17) is 4.74 Å². The summed E-state index contributed by atoms with van der Waals surface area (Å²) in [5, 5.41) is 2.98. The van der Waals surface area contributed by atoms with Crippen molar-refractivity contribution in [3.63, 3.8) is 0 Å². The van der Waals surface area contributed by atoms with Gasteiger partial charge in [0.25, 0.3) is 0 Å². The molecule has 0 saturated carbocycles. The van der Waals surface area contributed by atoms with Gasteiger partial charge >= 0.3 is 0 Å². The Kier molecular flexibility index (Phi) is 8.60. The zero-order valence-electron chi connectivity index (χ0n) is 14.4. The molecule has 0 spiro atoms. The second-order valence-electron chi connectivity index (χ2n) is 5.55. The molecule has 4 heteroatoms. The van der Waals surface area contributed by atoms with E-state index in [2.05, 4.69) is 31.0 Å². The van der Waals surface area contributed by atoms with Crippen LogP contribution in [0.25, 0.3) is 0 Å². The Bertz CT molecular complexity index is 444. The highest BCUT2D eigenvalue weighted by Crippen LogP contribution is 2.24. The lowest BCUT2D eigenvalue weighted by Gasteiger charge is -2.19. The first-order valence-electron chi connectivity index (χ1n) is 8.37. The first-order valence-corrected chi connectivity index (χ1v) is 8.37. The van der Waals surface area contributed by atoms with Gasteiger partial charge in [-0.1, -0.05) is 46.2 Å². The summed E-state index contributed by atoms with van der Waals surface area (Å²) < 4.78 is 5.86. The summed E-state index contributed by atoms with van der Waals surface area (Å²) in [6.45, 7) is 11.9. The quantitative estimate of drug-likeness (QED) is 0.715. The molecule has 0 fully saturated rings. The van der Waals surface area contributed by atoms with Crippen molar-refractivity contribution in [2.75, 3.05) is 31.6 Å². The number of benzene rings is 1. The number of rotatable bonds is 10. The number of nitrogens with one attached hydrogen (secondary N) is 1. The van der Waals surface area contributed by atoms with E-state index in [1.165, 1.54) is 0 Å². The molecule has 1 amide bonds. The van der Waals surface area contributed by atoms with Crippen molar-refractivity contribution in [1.29, 1.82) is 0 Å². The van der Waals surface area contributed by atoms with Crippen molar-refractivity contribution in [3.8, 4) is 5.75 Å². The van der Waals surface area contributed by atoms with Gasteiger partial charge in [-0.3, -0.25) is 4.79 Å². The fourth-order valence-corrected chi connectivity index (χ4v) is 2.34. The van der Waals surface area contributed by atoms with Crippen LogP contribution in [0.2, 0.25) is 0 Å². The van der Waals surface area contributed by atoms with Crippen LogP contribution in [0, 0.1) is 5.92 Å². The number of carbonyl (C=O) groups is 1. The van der Waals surface area contributed by atoms with Crippen LogP contribution >= 0.6 is 0 Å². The Morgan fingerprint density at radius 2 is 1.91 bits per heavy atom. The number of amides is 1. The molecule has 0 aromatic heterocycles. The van der Waals surface area contributed by atoms with Gasteiger partial charge in [-0.2, -0.15) is 0 Å². The second-order valence-corrected chi connectivity index (χ2v) is 5.55. The average molecular weight is 306 g/mol. The number of carbonyl (C=O) groups excluding carboxylic acids is 1. The molecule has 1 aromatic carbocycles. The van der Waals surface area contributed by atoms with Crippen LogP contribution in [-0.2, 0) is 4.79 Å². The number of para-hydroxylation sites is 2. The summed E-state index contributed by atoms with van der Waals surface area (Å²) >= 11 is 0. The SMILES string of the molecule is CCCC(C)C(=O)Nc1ccccc1OCCN(CC)CC. The lowest BCUT2D eigenvalue weighted by molar-refractivity contribution is -0.119. The van der Waals surface area contributed by atoms with E-state index in [0.29, 0.717) is 6.61 Å². The highest BCUT2D eigenvalue weighted by Gasteiger charge is 2.14. The molecule has 124 valence electrons. The van der Waals surface area contributed by atoms with Crippen molar-refractivity contribution in [2.45, 2.75) is 40.5 Å². The van der Waals surface area contributed by atoms with Crippen LogP contribution < -0.4 is 10.1 Å². The average Bonchev–Trinajstić information content (AvgIpc) is 2.53. The van der Waals surface area contributed by atoms with Gasteiger partial charge in [-0.25, -0.2) is 0 Å². The Balaban J connectivity index is 2.60. The largest absolute Gasteiger partial charge is 0.490 e. The molecule has 1 unspecified atom stereocenters. The predicted octanol–water partition coefficient (Wildman–Crippen LogP) is 3.78. The number of hydrogen-bond donors (Lipinski definition) is 1. The van der Waals surface area contributed by atoms with E-state index in [1.54, 1.807) is 0 Å². The maximum Gasteiger partial charge on any atom is 0.227 e. The summed E-state index contributed by atoms with van der Waals surface area (Å²) in [5.74, 6) is 0.821. The minimum absolute atomic E-state index is 0.0220. The first kappa shape index (κ1) is 18.5. The molecule has 0 aliphatic rings. The number of nitrogens with zero attached hydrogens (tertiary/aromatic N) is 1. The number of ether oxygens (including phenoxy) is 1. The van der Waals surface area contributed by atoms with Crippen molar-refractivity contribution < 1.29 is 9.53 Å². The fourth-order valence-electron chi connectivity index (χ4n) is 2.34. The monoisotopic (exact) mass is 306 g/mol. The van der Waals surface area contributed by atoms with Gasteiger partial charge in [0, 0.05) is 12.5 Å².